The van der Waals surface area contributed by atoms with Gasteiger partial charge in [0, 0.05) is 0 Å². The second kappa shape index (κ2) is 4.54. The van der Waals surface area contributed by atoms with E-state index in [0.29, 0.717) is 11.3 Å². The van der Waals surface area contributed by atoms with Crippen molar-refractivity contribution in [1.82, 2.24) is 15.5 Å². The van der Waals surface area contributed by atoms with Crippen LogP contribution in [0.15, 0.2) is 0 Å². The molecule has 16 heavy (non-hydrogen) atoms. The van der Waals surface area contributed by atoms with E-state index in [1.54, 1.807) is 0 Å². The van der Waals surface area contributed by atoms with Crippen LogP contribution in [0.2, 0.25) is 0 Å². The van der Waals surface area contributed by atoms with Crippen LogP contribution < -0.4 is 10.1 Å². The molecule has 0 amide bonds. The van der Waals surface area contributed by atoms with Gasteiger partial charge in [0.2, 0.25) is 5.01 Å². The molecule has 1 aliphatic rings. The van der Waals surface area contributed by atoms with Gasteiger partial charge >= 0.3 is 6.18 Å². The second-order valence-corrected chi connectivity index (χ2v) is 4.38. The molecule has 1 N–H and O–H groups in total. The number of halogens is 3. The summed E-state index contributed by atoms with van der Waals surface area (Å²) in [6, 6.07) is 0. The van der Waals surface area contributed by atoms with Gasteiger partial charge in [-0.3, -0.25) is 0 Å². The van der Waals surface area contributed by atoms with Crippen molar-refractivity contribution in [3.63, 3.8) is 0 Å². The van der Waals surface area contributed by atoms with Crippen LogP contribution in [-0.2, 0) is 6.18 Å². The van der Waals surface area contributed by atoms with E-state index in [4.69, 9.17) is 4.74 Å². The Balaban J connectivity index is 1.97. The van der Waals surface area contributed by atoms with Crippen molar-refractivity contribution >= 4 is 11.3 Å². The maximum Gasteiger partial charge on any atom is 0.445 e. The zero-order chi connectivity index (χ0) is 11.6. The van der Waals surface area contributed by atoms with Crippen molar-refractivity contribution in [3.8, 4) is 5.19 Å². The summed E-state index contributed by atoms with van der Waals surface area (Å²) in [5, 5.41) is 8.61. The Labute approximate surface area is 93.8 Å². The second-order valence-electron chi connectivity index (χ2n) is 3.44. The molecule has 2 rings (SSSR count). The molecule has 0 aromatic carbocycles. The van der Waals surface area contributed by atoms with E-state index in [9.17, 15) is 13.2 Å². The first-order valence-corrected chi connectivity index (χ1v) is 5.65. The van der Waals surface area contributed by atoms with Gasteiger partial charge in [-0.1, -0.05) is 16.4 Å². The summed E-state index contributed by atoms with van der Waals surface area (Å²) >= 11 is 0.444. The minimum absolute atomic E-state index is 0.000718. The normalized spacial score (nSPS) is 18.7. The molecule has 4 nitrogen and oxygen atoms in total. The molecule has 0 saturated carbocycles. The Morgan fingerprint density at radius 1 is 1.25 bits per heavy atom. The van der Waals surface area contributed by atoms with Gasteiger partial charge in [0.1, 0.15) is 6.10 Å². The highest BCUT2D eigenvalue weighted by Crippen LogP contribution is 2.34. The molecular weight excluding hydrogens is 243 g/mol. The average molecular weight is 253 g/mol. The zero-order valence-electron chi connectivity index (χ0n) is 8.25. The summed E-state index contributed by atoms with van der Waals surface area (Å²) in [4.78, 5) is 0. The summed E-state index contributed by atoms with van der Waals surface area (Å²) in [6.45, 7) is 1.63. The highest BCUT2D eigenvalue weighted by Gasteiger charge is 2.36. The third-order valence-electron chi connectivity index (χ3n) is 2.20. The smallest absolute Gasteiger partial charge is 0.445 e. The number of ether oxygens (including phenoxy) is 1. The third kappa shape index (κ3) is 2.82. The molecule has 0 aliphatic carbocycles. The molecule has 8 heteroatoms. The van der Waals surface area contributed by atoms with E-state index in [1.165, 1.54) is 0 Å². The van der Waals surface area contributed by atoms with Crippen LogP contribution in [0.3, 0.4) is 0 Å². The van der Waals surface area contributed by atoms with E-state index < -0.39 is 11.2 Å². The van der Waals surface area contributed by atoms with Crippen LogP contribution in [-0.4, -0.2) is 29.4 Å². The summed E-state index contributed by atoms with van der Waals surface area (Å²) in [6.07, 6.45) is -2.94. The highest BCUT2D eigenvalue weighted by molar-refractivity contribution is 7.13. The summed E-state index contributed by atoms with van der Waals surface area (Å²) < 4.78 is 42.0. The first-order valence-electron chi connectivity index (χ1n) is 4.84. The van der Waals surface area contributed by atoms with E-state index in [1.807, 2.05) is 0 Å². The van der Waals surface area contributed by atoms with E-state index in [0.717, 1.165) is 25.9 Å². The van der Waals surface area contributed by atoms with Crippen molar-refractivity contribution in [3.05, 3.63) is 5.01 Å². The monoisotopic (exact) mass is 253 g/mol. The predicted octanol–water partition coefficient (Wildman–Crippen LogP) is 1.69. The Kier molecular flexibility index (Phi) is 3.29. The summed E-state index contributed by atoms with van der Waals surface area (Å²) in [7, 11) is 0. The molecule has 2 heterocycles. The molecule has 1 aliphatic heterocycles. The molecule has 0 unspecified atom stereocenters. The molecule has 0 radical (unpaired) electrons. The maximum atomic E-state index is 12.2. The standard InChI is InChI=1S/C8H10F3N3OS/c9-8(10,11)6-13-14-7(16-6)15-5-1-3-12-4-2-5/h5,12H,1-4H2. The number of alkyl halides is 3. The summed E-state index contributed by atoms with van der Waals surface area (Å²) in [5.74, 6) is 0. The van der Waals surface area contributed by atoms with Crippen LogP contribution in [0.4, 0.5) is 13.2 Å². The van der Waals surface area contributed by atoms with Crippen molar-refractivity contribution in [1.29, 1.82) is 0 Å². The Bertz CT molecular complexity index is 349. The number of piperidine rings is 1. The molecule has 0 bridgehead atoms. The number of hydrogen-bond acceptors (Lipinski definition) is 5. The fourth-order valence-corrected chi connectivity index (χ4v) is 2.06. The fourth-order valence-electron chi connectivity index (χ4n) is 1.43. The van der Waals surface area contributed by atoms with Gasteiger partial charge in [0.05, 0.1) is 0 Å². The first-order chi connectivity index (χ1) is 7.55. The van der Waals surface area contributed by atoms with E-state index in [-0.39, 0.29) is 11.3 Å². The molecule has 90 valence electrons. The van der Waals surface area contributed by atoms with Gasteiger partial charge in [-0.2, -0.15) is 13.2 Å². The van der Waals surface area contributed by atoms with Crippen LogP contribution in [0.1, 0.15) is 17.8 Å². The average Bonchev–Trinajstić information content (AvgIpc) is 2.67. The number of nitrogens with one attached hydrogen (secondary N) is 1. The van der Waals surface area contributed by atoms with Gasteiger partial charge < -0.3 is 10.1 Å². The Morgan fingerprint density at radius 3 is 2.50 bits per heavy atom. The van der Waals surface area contributed by atoms with Crippen molar-refractivity contribution in [2.75, 3.05) is 13.1 Å². The lowest BCUT2D eigenvalue weighted by Gasteiger charge is -2.21. The number of nitrogens with zero attached hydrogens (tertiary/aromatic N) is 2. The van der Waals surface area contributed by atoms with Crippen LogP contribution in [0.5, 0.6) is 5.19 Å². The van der Waals surface area contributed by atoms with Crippen LogP contribution in [0.25, 0.3) is 0 Å². The topological polar surface area (TPSA) is 47.0 Å². The number of aromatic nitrogens is 2. The molecule has 1 aromatic rings. The minimum atomic E-state index is -4.44. The Morgan fingerprint density at radius 2 is 1.94 bits per heavy atom. The van der Waals surface area contributed by atoms with Crippen LogP contribution in [0, 0.1) is 0 Å². The number of rotatable bonds is 2. The third-order valence-corrected chi connectivity index (χ3v) is 3.06. The van der Waals surface area contributed by atoms with Crippen molar-refractivity contribution < 1.29 is 17.9 Å². The summed E-state index contributed by atoms with van der Waals surface area (Å²) in [5.41, 5.74) is 0. The fraction of sp³-hybridized carbons (Fsp3) is 0.750. The predicted molar refractivity (Wildman–Crippen MR) is 51.4 cm³/mol. The molecule has 1 aromatic heterocycles. The van der Waals surface area contributed by atoms with E-state index >= 15 is 0 Å². The van der Waals surface area contributed by atoms with Crippen molar-refractivity contribution in [2.24, 2.45) is 0 Å². The molecule has 1 fully saturated rings. The van der Waals surface area contributed by atoms with Crippen molar-refractivity contribution in [2.45, 2.75) is 25.1 Å². The Hall–Kier alpha value is -0.890. The molecule has 1 saturated heterocycles. The zero-order valence-corrected chi connectivity index (χ0v) is 9.07. The lowest BCUT2D eigenvalue weighted by molar-refractivity contribution is -0.138. The van der Waals surface area contributed by atoms with Gasteiger partial charge in [-0.15, -0.1) is 5.10 Å². The quantitative estimate of drug-likeness (QED) is 0.871. The highest BCUT2D eigenvalue weighted by atomic mass is 32.1. The molecular formula is C8H10F3N3OS. The van der Waals surface area contributed by atoms with Gasteiger partial charge in [-0.05, 0) is 25.9 Å². The lowest BCUT2D eigenvalue weighted by atomic mass is 10.1. The SMILES string of the molecule is FC(F)(F)c1nnc(OC2CCNCC2)s1. The number of hydrogen-bond donors (Lipinski definition) is 1. The minimum Gasteiger partial charge on any atom is -0.466 e. The van der Waals surface area contributed by atoms with Crippen LogP contribution >= 0.6 is 11.3 Å². The molecule has 0 spiro atoms. The van der Waals surface area contributed by atoms with Gasteiger partial charge in [-0.25, -0.2) is 0 Å². The first kappa shape index (κ1) is 11.6. The maximum absolute atomic E-state index is 12.2. The molecule has 0 atom stereocenters. The lowest BCUT2D eigenvalue weighted by Crippen LogP contribution is -2.34. The van der Waals surface area contributed by atoms with Gasteiger partial charge in [0.25, 0.3) is 5.19 Å². The van der Waals surface area contributed by atoms with Gasteiger partial charge in [0.15, 0.2) is 0 Å². The van der Waals surface area contributed by atoms with E-state index in [2.05, 4.69) is 15.5 Å². The largest absolute Gasteiger partial charge is 0.466 e.